The zero-order valence-electron chi connectivity index (χ0n) is 15.7. The van der Waals surface area contributed by atoms with Crippen molar-refractivity contribution in [3.05, 3.63) is 59.7 Å². The molecule has 6 nitrogen and oxygen atoms in total. The van der Waals surface area contributed by atoms with Crippen molar-refractivity contribution in [1.29, 1.82) is 0 Å². The van der Waals surface area contributed by atoms with E-state index in [2.05, 4.69) is 11.2 Å². The van der Waals surface area contributed by atoms with Crippen LogP contribution < -0.4 is 14.8 Å². The molecule has 2 aromatic rings. The number of carboxylic acid groups (broad SMARTS) is 1. The first kappa shape index (κ1) is 20.8. The van der Waals surface area contributed by atoms with Crippen LogP contribution in [0, 0.1) is 18.3 Å². The van der Waals surface area contributed by atoms with Gasteiger partial charge in [-0.3, -0.25) is 9.59 Å². The second-order valence-electron chi connectivity index (χ2n) is 6.04. The largest absolute Gasteiger partial charge is 0.494 e. The molecule has 0 spiro atoms. The van der Waals surface area contributed by atoms with Crippen molar-refractivity contribution in [3.63, 3.8) is 0 Å². The SMILES string of the molecule is C#CCOc1ccc(C(=O)NCC(Cc2ccc(OCC)cc2)C(=O)O)cc1. The lowest BCUT2D eigenvalue weighted by Gasteiger charge is -2.14. The highest BCUT2D eigenvalue weighted by Crippen LogP contribution is 2.16. The van der Waals surface area contributed by atoms with E-state index in [1.165, 1.54) is 0 Å². The predicted octanol–water partition coefficient (Wildman–Crippen LogP) is 2.77. The third kappa shape index (κ3) is 6.36. The van der Waals surface area contributed by atoms with Crippen LogP contribution in [0.1, 0.15) is 22.8 Å². The van der Waals surface area contributed by atoms with Crippen molar-refractivity contribution >= 4 is 11.9 Å². The lowest BCUT2D eigenvalue weighted by Crippen LogP contribution is -2.34. The van der Waals surface area contributed by atoms with Crippen molar-refractivity contribution in [2.75, 3.05) is 19.8 Å². The third-order valence-electron chi connectivity index (χ3n) is 4.01. The predicted molar refractivity (Wildman–Crippen MR) is 106 cm³/mol. The van der Waals surface area contributed by atoms with Crippen LogP contribution in [0.5, 0.6) is 11.5 Å². The molecule has 1 atom stereocenters. The number of hydrogen-bond acceptors (Lipinski definition) is 4. The number of ether oxygens (including phenoxy) is 2. The molecule has 0 radical (unpaired) electrons. The van der Waals surface area contributed by atoms with E-state index >= 15 is 0 Å². The highest BCUT2D eigenvalue weighted by Gasteiger charge is 2.19. The number of rotatable bonds is 10. The quantitative estimate of drug-likeness (QED) is 0.618. The van der Waals surface area contributed by atoms with Crippen LogP contribution in [0.2, 0.25) is 0 Å². The topological polar surface area (TPSA) is 84.9 Å². The van der Waals surface area contributed by atoms with Gasteiger partial charge < -0.3 is 19.9 Å². The van der Waals surface area contributed by atoms with Crippen LogP contribution in [0.3, 0.4) is 0 Å². The van der Waals surface area contributed by atoms with Gasteiger partial charge in [-0.1, -0.05) is 18.1 Å². The fraction of sp³-hybridized carbons (Fsp3) is 0.273. The second kappa shape index (κ2) is 10.6. The van der Waals surface area contributed by atoms with Gasteiger partial charge in [0, 0.05) is 12.1 Å². The molecule has 0 saturated heterocycles. The monoisotopic (exact) mass is 381 g/mol. The molecule has 0 aliphatic carbocycles. The molecule has 0 aliphatic rings. The van der Waals surface area contributed by atoms with Gasteiger partial charge in [-0.05, 0) is 55.3 Å². The van der Waals surface area contributed by atoms with E-state index in [-0.39, 0.29) is 19.1 Å². The minimum Gasteiger partial charge on any atom is -0.494 e. The Morgan fingerprint density at radius 3 is 2.25 bits per heavy atom. The molecule has 2 rings (SSSR count). The van der Waals surface area contributed by atoms with Gasteiger partial charge in [0.1, 0.15) is 18.1 Å². The summed E-state index contributed by atoms with van der Waals surface area (Å²) >= 11 is 0. The highest BCUT2D eigenvalue weighted by molar-refractivity contribution is 5.94. The van der Waals surface area contributed by atoms with Crippen LogP contribution in [0.4, 0.5) is 0 Å². The van der Waals surface area contributed by atoms with Crippen molar-refractivity contribution < 1.29 is 24.2 Å². The molecule has 0 saturated carbocycles. The van der Waals surface area contributed by atoms with Gasteiger partial charge in [0.25, 0.3) is 5.91 Å². The summed E-state index contributed by atoms with van der Waals surface area (Å²) in [5.41, 5.74) is 1.28. The molecule has 6 heteroatoms. The Bertz CT molecular complexity index is 822. The van der Waals surface area contributed by atoms with Gasteiger partial charge in [0.2, 0.25) is 0 Å². The lowest BCUT2D eigenvalue weighted by molar-refractivity contribution is -0.141. The molecule has 2 N–H and O–H groups in total. The number of hydrogen-bond donors (Lipinski definition) is 2. The second-order valence-corrected chi connectivity index (χ2v) is 6.04. The first-order valence-electron chi connectivity index (χ1n) is 8.92. The molecular weight excluding hydrogens is 358 g/mol. The number of carboxylic acids is 1. The van der Waals surface area contributed by atoms with Crippen molar-refractivity contribution in [3.8, 4) is 23.8 Å². The van der Waals surface area contributed by atoms with E-state index in [1.807, 2.05) is 19.1 Å². The highest BCUT2D eigenvalue weighted by atomic mass is 16.5. The van der Waals surface area contributed by atoms with Crippen LogP contribution in [-0.2, 0) is 11.2 Å². The number of benzene rings is 2. The molecule has 146 valence electrons. The summed E-state index contributed by atoms with van der Waals surface area (Å²) in [6.07, 6.45) is 5.44. The molecule has 28 heavy (non-hydrogen) atoms. The van der Waals surface area contributed by atoms with Crippen LogP contribution in [0.15, 0.2) is 48.5 Å². The Balaban J connectivity index is 1.92. The summed E-state index contributed by atoms with van der Waals surface area (Å²) in [5.74, 6) is 1.62. The smallest absolute Gasteiger partial charge is 0.308 e. The van der Waals surface area contributed by atoms with Gasteiger partial charge in [0.15, 0.2) is 0 Å². The van der Waals surface area contributed by atoms with E-state index in [4.69, 9.17) is 15.9 Å². The van der Waals surface area contributed by atoms with Gasteiger partial charge in [0.05, 0.1) is 12.5 Å². The standard InChI is InChI=1S/C22H23NO5/c1-3-13-28-20-11-7-17(8-12-20)21(24)23-15-18(22(25)26)14-16-5-9-19(10-6-16)27-4-2/h1,5-12,18H,4,13-15H2,2H3,(H,23,24)(H,25,26). The average molecular weight is 381 g/mol. The summed E-state index contributed by atoms with van der Waals surface area (Å²) in [6, 6.07) is 13.8. The zero-order valence-corrected chi connectivity index (χ0v) is 15.7. The molecule has 2 aromatic carbocycles. The number of terminal acetylenes is 1. The summed E-state index contributed by atoms with van der Waals surface area (Å²) in [7, 11) is 0. The van der Waals surface area contributed by atoms with Gasteiger partial charge in [-0.15, -0.1) is 6.42 Å². The molecule has 0 heterocycles. The maximum atomic E-state index is 12.3. The first-order chi connectivity index (χ1) is 13.5. The third-order valence-corrected chi connectivity index (χ3v) is 4.01. The minimum absolute atomic E-state index is 0.0245. The van der Waals surface area contributed by atoms with Crippen LogP contribution >= 0.6 is 0 Å². The summed E-state index contributed by atoms with van der Waals surface area (Å²) < 4.78 is 10.6. The van der Waals surface area contributed by atoms with Crippen molar-refractivity contribution in [2.45, 2.75) is 13.3 Å². The minimum atomic E-state index is -0.966. The van der Waals surface area contributed by atoms with Crippen molar-refractivity contribution in [1.82, 2.24) is 5.32 Å². The number of carbonyl (C=O) groups is 2. The molecule has 1 amide bonds. The Kier molecular flexibility index (Phi) is 7.92. The molecule has 0 fully saturated rings. The van der Waals surface area contributed by atoms with Crippen LogP contribution in [0.25, 0.3) is 0 Å². The Morgan fingerprint density at radius 2 is 1.68 bits per heavy atom. The van der Waals surface area contributed by atoms with E-state index < -0.39 is 11.9 Å². The fourth-order valence-corrected chi connectivity index (χ4v) is 2.57. The number of aliphatic carboxylic acids is 1. The summed E-state index contributed by atoms with van der Waals surface area (Å²) in [4.78, 5) is 23.8. The van der Waals surface area contributed by atoms with Gasteiger partial charge in [-0.25, -0.2) is 0 Å². The first-order valence-corrected chi connectivity index (χ1v) is 8.92. The van der Waals surface area contributed by atoms with E-state index in [0.717, 1.165) is 11.3 Å². The van der Waals surface area contributed by atoms with Gasteiger partial charge >= 0.3 is 5.97 Å². The number of amides is 1. The molecular formula is C22H23NO5. The van der Waals surface area contributed by atoms with Gasteiger partial charge in [-0.2, -0.15) is 0 Å². The van der Waals surface area contributed by atoms with E-state index in [1.54, 1.807) is 36.4 Å². The molecule has 0 aliphatic heterocycles. The van der Waals surface area contributed by atoms with Crippen LogP contribution in [-0.4, -0.2) is 36.7 Å². The Hall–Kier alpha value is -3.46. The van der Waals surface area contributed by atoms with Crippen molar-refractivity contribution in [2.24, 2.45) is 5.92 Å². The van der Waals surface area contributed by atoms with E-state index in [0.29, 0.717) is 24.3 Å². The Morgan fingerprint density at radius 1 is 1.07 bits per heavy atom. The summed E-state index contributed by atoms with van der Waals surface area (Å²) in [5, 5.41) is 12.1. The molecule has 0 bridgehead atoms. The molecule has 0 aromatic heterocycles. The van der Waals surface area contributed by atoms with E-state index in [9.17, 15) is 14.7 Å². The fourth-order valence-electron chi connectivity index (χ4n) is 2.57. The normalized spacial score (nSPS) is 11.1. The summed E-state index contributed by atoms with van der Waals surface area (Å²) in [6.45, 7) is 2.64. The average Bonchev–Trinajstić information content (AvgIpc) is 2.71. The maximum Gasteiger partial charge on any atom is 0.308 e. The number of nitrogens with one attached hydrogen (secondary N) is 1. The maximum absolute atomic E-state index is 12.3. The number of carbonyl (C=O) groups excluding carboxylic acids is 1. The lowest BCUT2D eigenvalue weighted by atomic mass is 9.99. The zero-order chi connectivity index (χ0) is 20.4. The molecule has 1 unspecified atom stereocenters. The Labute approximate surface area is 164 Å².